The molecule has 136 valence electrons. The molecule has 2 fully saturated rings. The highest BCUT2D eigenvalue weighted by Gasteiger charge is 2.42. The van der Waals surface area contributed by atoms with Crippen molar-refractivity contribution in [3.8, 4) is 0 Å². The second kappa shape index (κ2) is 7.13. The zero-order valence-electron chi connectivity index (χ0n) is 15.5. The summed E-state index contributed by atoms with van der Waals surface area (Å²) in [7, 11) is 0. The molecule has 6 heteroatoms. The van der Waals surface area contributed by atoms with Gasteiger partial charge in [-0.1, -0.05) is 11.6 Å². The number of ether oxygens (including phenoxy) is 2. The predicted molar refractivity (Wildman–Crippen MR) is 91.5 cm³/mol. The van der Waals surface area contributed by atoms with Gasteiger partial charge in [-0.2, -0.15) is 0 Å². The van der Waals surface area contributed by atoms with Crippen LogP contribution in [-0.4, -0.2) is 47.4 Å². The van der Waals surface area contributed by atoms with Crippen molar-refractivity contribution < 1.29 is 19.1 Å². The number of carbonyl (C=O) groups is 2. The van der Waals surface area contributed by atoms with Crippen molar-refractivity contribution >= 4 is 12.0 Å². The topological polar surface area (TPSA) is 67.9 Å². The average molecular weight is 338 g/mol. The fourth-order valence-electron chi connectivity index (χ4n) is 3.26. The van der Waals surface area contributed by atoms with E-state index >= 15 is 0 Å². The van der Waals surface area contributed by atoms with Crippen LogP contribution in [0.3, 0.4) is 0 Å². The predicted octanol–water partition coefficient (Wildman–Crippen LogP) is 2.98. The number of alkyl carbamates (subject to hydrolysis) is 1. The molecule has 0 radical (unpaired) electrons. The molecule has 1 aliphatic heterocycles. The lowest BCUT2D eigenvalue weighted by atomic mass is 10.1. The van der Waals surface area contributed by atoms with Crippen molar-refractivity contribution in [2.75, 3.05) is 13.2 Å². The third-order valence-electron chi connectivity index (χ3n) is 4.24. The maximum Gasteiger partial charge on any atom is 0.408 e. The van der Waals surface area contributed by atoms with Crippen LogP contribution in [-0.2, 0) is 14.3 Å². The van der Waals surface area contributed by atoms with Gasteiger partial charge in [-0.05, 0) is 60.3 Å². The first-order valence-electron chi connectivity index (χ1n) is 8.71. The standard InChI is InChI=1S/C18H30N2O4/c1-17(2,3)24-16(22)19-11-15(21)20-14(12-23-18(20,4)5)10-13-8-6-7-9-13/h10,14H,6-9,11-12H2,1-5H3,(H,19,22)/t14-/m0/s1. The Hall–Kier alpha value is -1.56. The van der Waals surface area contributed by atoms with E-state index in [1.807, 2.05) is 13.8 Å². The van der Waals surface area contributed by atoms with Crippen molar-refractivity contribution in [3.63, 3.8) is 0 Å². The van der Waals surface area contributed by atoms with Crippen molar-refractivity contribution in [2.45, 2.75) is 77.7 Å². The zero-order chi connectivity index (χ0) is 18.0. The highest BCUT2D eigenvalue weighted by Crippen LogP contribution is 2.31. The van der Waals surface area contributed by atoms with Crippen LogP contribution >= 0.6 is 0 Å². The third kappa shape index (κ3) is 4.97. The zero-order valence-corrected chi connectivity index (χ0v) is 15.5. The number of rotatable bonds is 3. The van der Waals surface area contributed by atoms with Crippen LogP contribution in [0.25, 0.3) is 0 Å². The van der Waals surface area contributed by atoms with Gasteiger partial charge in [0, 0.05) is 0 Å². The number of allylic oxidation sites excluding steroid dienone is 1. The summed E-state index contributed by atoms with van der Waals surface area (Å²) in [6, 6.07) is -0.0685. The normalized spacial score (nSPS) is 23.3. The van der Waals surface area contributed by atoms with E-state index in [4.69, 9.17) is 9.47 Å². The molecule has 2 aliphatic rings. The number of nitrogens with one attached hydrogen (secondary N) is 1. The van der Waals surface area contributed by atoms with Gasteiger partial charge in [0.25, 0.3) is 0 Å². The summed E-state index contributed by atoms with van der Waals surface area (Å²) in [5, 5.41) is 2.54. The Morgan fingerprint density at radius 1 is 1.33 bits per heavy atom. The summed E-state index contributed by atoms with van der Waals surface area (Å²) in [5.74, 6) is -0.164. The van der Waals surface area contributed by atoms with E-state index in [2.05, 4.69) is 11.4 Å². The monoisotopic (exact) mass is 338 g/mol. The summed E-state index contributed by atoms with van der Waals surface area (Å²) < 4.78 is 11.0. The summed E-state index contributed by atoms with van der Waals surface area (Å²) in [5.41, 5.74) is 0.144. The van der Waals surface area contributed by atoms with Crippen LogP contribution in [0, 0.1) is 0 Å². The highest BCUT2D eigenvalue weighted by atomic mass is 16.6. The Morgan fingerprint density at radius 2 is 1.96 bits per heavy atom. The Balaban J connectivity index is 1.98. The van der Waals surface area contributed by atoms with E-state index in [0.717, 1.165) is 12.8 Å². The van der Waals surface area contributed by atoms with Crippen LogP contribution in [0.1, 0.15) is 60.3 Å². The number of hydrogen-bond acceptors (Lipinski definition) is 4. The van der Waals surface area contributed by atoms with Crippen molar-refractivity contribution in [3.05, 3.63) is 11.6 Å². The number of nitrogens with zero attached hydrogens (tertiary/aromatic N) is 1. The maximum atomic E-state index is 12.7. The molecule has 2 amide bonds. The van der Waals surface area contributed by atoms with E-state index in [1.165, 1.54) is 18.4 Å². The van der Waals surface area contributed by atoms with Crippen molar-refractivity contribution in [2.24, 2.45) is 0 Å². The fourth-order valence-corrected chi connectivity index (χ4v) is 3.26. The van der Waals surface area contributed by atoms with Crippen molar-refractivity contribution in [1.29, 1.82) is 0 Å². The molecule has 0 spiro atoms. The van der Waals surface area contributed by atoms with Gasteiger partial charge in [0.05, 0.1) is 12.6 Å². The number of hydrogen-bond donors (Lipinski definition) is 1. The molecule has 6 nitrogen and oxygen atoms in total. The van der Waals surface area contributed by atoms with Crippen molar-refractivity contribution in [1.82, 2.24) is 10.2 Å². The van der Waals surface area contributed by atoms with Crippen LogP contribution < -0.4 is 5.32 Å². The van der Waals surface area contributed by atoms with E-state index in [-0.39, 0.29) is 18.5 Å². The van der Waals surface area contributed by atoms with E-state index in [1.54, 1.807) is 25.7 Å². The molecular weight excluding hydrogens is 308 g/mol. The minimum atomic E-state index is -0.674. The van der Waals surface area contributed by atoms with Crippen LogP contribution in [0.4, 0.5) is 4.79 Å². The lowest BCUT2D eigenvalue weighted by molar-refractivity contribution is -0.144. The molecule has 1 N–H and O–H groups in total. The number of amides is 2. The van der Waals surface area contributed by atoms with Crippen LogP contribution in [0.5, 0.6) is 0 Å². The summed E-state index contributed by atoms with van der Waals surface area (Å²) in [4.78, 5) is 26.1. The first kappa shape index (κ1) is 18.8. The molecule has 2 rings (SSSR count). The van der Waals surface area contributed by atoms with E-state index in [9.17, 15) is 9.59 Å². The maximum absolute atomic E-state index is 12.7. The molecule has 1 saturated carbocycles. The molecule has 1 heterocycles. The van der Waals surface area contributed by atoms with Gasteiger partial charge >= 0.3 is 6.09 Å². The summed E-state index contributed by atoms with van der Waals surface area (Å²) in [6.45, 7) is 9.52. The van der Waals surface area contributed by atoms with Gasteiger partial charge < -0.3 is 19.7 Å². The Bertz CT molecular complexity index is 512. The van der Waals surface area contributed by atoms with E-state index in [0.29, 0.717) is 6.61 Å². The molecule has 0 aromatic rings. The molecule has 1 atom stereocenters. The first-order chi connectivity index (χ1) is 11.1. The van der Waals surface area contributed by atoms with Gasteiger partial charge in [-0.25, -0.2) is 4.79 Å². The van der Waals surface area contributed by atoms with Gasteiger partial charge in [-0.3, -0.25) is 4.79 Å². The second-order valence-electron chi connectivity index (χ2n) is 7.98. The third-order valence-corrected chi connectivity index (χ3v) is 4.24. The molecule has 1 saturated heterocycles. The van der Waals surface area contributed by atoms with Gasteiger partial charge in [0.15, 0.2) is 0 Å². The Morgan fingerprint density at radius 3 is 2.54 bits per heavy atom. The largest absolute Gasteiger partial charge is 0.444 e. The average Bonchev–Trinajstić information content (AvgIpc) is 3.03. The Labute approximate surface area is 144 Å². The minimum absolute atomic E-state index is 0.0685. The smallest absolute Gasteiger partial charge is 0.408 e. The molecular formula is C18H30N2O4. The molecule has 0 bridgehead atoms. The van der Waals surface area contributed by atoms with Gasteiger partial charge in [0.1, 0.15) is 17.9 Å². The molecule has 0 aromatic carbocycles. The van der Waals surface area contributed by atoms with E-state index < -0.39 is 17.4 Å². The first-order valence-corrected chi connectivity index (χ1v) is 8.71. The molecule has 1 aliphatic carbocycles. The Kier molecular flexibility index (Phi) is 5.58. The quantitative estimate of drug-likeness (QED) is 0.803. The van der Waals surface area contributed by atoms with Gasteiger partial charge in [0.2, 0.25) is 5.91 Å². The fraction of sp³-hybridized carbons (Fsp3) is 0.778. The lowest BCUT2D eigenvalue weighted by Gasteiger charge is -2.33. The lowest BCUT2D eigenvalue weighted by Crippen LogP contribution is -2.51. The molecule has 0 unspecified atom stereocenters. The van der Waals surface area contributed by atoms with Crippen LogP contribution in [0.2, 0.25) is 0 Å². The van der Waals surface area contributed by atoms with Gasteiger partial charge in [-0.15, -0.1) is 0 Å². The SMILES string of the molecule is CC(C)(C)OC(=O)NCC(=O)N1[C@@H](C=C2CCCC2)COC1(C)C. The summed E-state index contributed by atoms with van der Waals surface area (Å²) >= 11 is 0. The molecule has 24 heavy (non-hydrogen) atoms. The molecule has 0 aromatic heterocycles. The van der Waals surface area contributed by atoms with Crippen LogP contribution in [0.15, 0.2) is 11.6 Å². The highest BCUT2D eigenvalue weighted by molar-refractivity contribution is 5.83. The summed E-state index contributed by atoms with van der Waals surface area (Å²) in [6.07, 6.45) is 6.24. The number of carbonyl (C=O) groups excluding carboxylic acids is 2. The second-order valence-corrected chi connectivity index (χ2v) is 7.98. The minimum Gasteiger partial charge on any atom is -0.444 e.